The number of hydrogen-bond acceptors (Lipinski definition) is 3. The lowest BCUT2D eigenvalue weighted by molar-refractivity contribution is -0.112. The van der Waals surface area contributed by atoms with E-state index in [4.69, 9.17) is 27.9 Å². The summed E-state index contributed by atoms with van der Waals surface area (Å²) in [4.78, 5) is 12.6. The first kappa shape index (κ1) is 23.4. The average Bonchev–Trinajstić information content (AvgIpc) is 2.72. The van der Waals surface area contributed by atoms with Crippen LogP contribution < -0.4 is 10.1 Å². The van der Waals surface area contributed by atoms with Crippen LogP contribution >= 0.6 is 55.1 Å². The highest BCUT2D eigenvalue weighted by Gasteiger charge is 2.14. The molecule has 8 heteroatoms. The van der Waals surface area contributed by atoms with Crippen LogP contribution in [-0.4, -0.2) is 5.91 Å². The van der Waals surface area contributed by atoms with E-state index < -0.39 is 5.91 Å². The second-order valence-electron chi connectivity index (χ2n) is 6.36. The zero-order chi connectivity index (χ0) is 22.4. The van der Waals surface area contributed by atoms with Crippen molar-refractivity contribution in [1.29, 1.82) is 5.26 Å². The Balaban J connectivity index is 1.88. The van der Waals surface area contributed by atoms with Crippen LogP contribution in [0.5, 0.6) is 5.75 Å². The van der Waals surface area contributed by atoms with Gasteiger partial charge in [-0.2, -0.15) is 5.26 Å². The maximum atomic E-state index is 12.6. The Hall–Kier alpha value is -2.30. The molecule has 0 atom stereocenters. The lowest BCUT2D eigenvalue weighted by Gasteiger charge is -2.13. The van der Waals surface area contributed by atoms with Gasteiger partial charge in [-0.3, -0.25) is 4.79 Å². The minimum absolute atomic E-state index is 0.0763. The van der Waals surface area contributed by atoms with Crippen molar-refractivity contribution in [3.8, 4) is 11.8 Å². The van der Waals surface area contributed by atoms with Crippen LogP contribution in [0.2, 0.25) is 10.0 Å². The first-order valence-electron chi connectivity index (χ1n) is 8.90. The van der Waals surface area contributed by atoms with Crippen molar-refractivity contribution in [3.05, 3.63) is 96.4 Å². The topological polar surface area (TPSA) is 62.1 Å². The minimum Gasteiger partial charge on any atom is -0.487 e. The number of benzene rings is 3. The number of carbonyl (C=O) groups excluding carboxylic acids is 1. The molecule has 3 rings (SSSR count). The average molecular weight is 581 g/mol. The summed E-state index contributed by atoms with van der Waals surface area (Å²) in [5.41, 5.74) is 1.90. The van der Waals surface area contributed by atoms with Gasteiger partial charge < -0.3 is 10.1 Å². The van der Waals surface area contributed by atoms with Crippen LogP contribution in [0.15, 0.2) is 75.2 Å². The third kappa shape index (κ3) is 6.59. The van der Waals surface area contributed by atoms with Crippen LogP contribution in [0.3, 0.4) is 0 Å². The summed E-state index contributed by atoms with van der Waals surface area (Å²) in [6, 6.07) is 19.5. The molecule has 0 spiro atoms. The van der Waals surface area contributed by atoms with Gasteiger partial charge in [0.15, 0.2) is 0 Å². The van der Waals surface area contributed by atoms with Gasteiger partial charge in [0.1, 0.15) is 24.0 Å². The van der Waals surface area contributed by atoms with Crippen molar-refractivity contribution < 1.29 is 9.53 Å². The van der Waals surface area contributed by atoms with E-state index in [1.165, 1.54) is 6.08 Å². The Morgan fingerprint density at radius 3 is 2.48 bits per heavy atom. The molecule has 4 nitrogen and oxygen atoms in total. The van der Waals surface area contributed by atoms with E-state index in [1.54, 1.807) is 36.4 Å². The quantitative estimate of drug-likeness (QED) is 0.241. The molecule has 0 heterocycles. The maximum absolute atomic E-state index is 12.6. The third-order valence-corrected chi connectivity index (χ3v) is 5.61. The molecule has 0 radical (unpaired) electrons. The molecule has 1 amide bonds. The molecular weight excluding hydrogens is 567 g/mol. The van der Waals surface area contributed by atoms with Crippen molar-refractivity contribution in [3.63, 3.8) is 0 Å². The Bertz CT molecular complexity index is 1190. The van der Waals surface area contributed by atoms with E-state index >= 15 is 0 Å². The third-order valence-electron chi connectivity index (χ3n) is 4.08. The largest absolute Gasteiger partial charge is 0.487 e. The molecule has 0 saturated heterocycles. The molecule has 0 fully saturated rings. The lowest BCUT2D eigenvalue weighted by Crippen LogP contribution is -2.13. The van der Waals surface area contributed by atoms with E-state index in [0.717, 1.165) is 10.0 Å². The molecule has 0 bridgehead atoms. The van der Waals surface area contributed by atoms with Gasteiger partial charge in [0.2, 0.25) is 0 Å². The predicted octanol–water partition coefficient (Wildman–Crippen LogP) is 7.64. The molecule has 3 aromatic rings. The smallest absolute Gasteiger partial charge is 0.266 e. The number of hydrogen-bond donors (Lipinski definition) is 1. The first-order chi connectivity index (χ1) is 14.9. The van der Waals surface area contributed by atoms with Gasteiger partial charge >= 0.3 is 0 Å². The van der Waals surface area contributed by atoms with Crippen molar-refractivity contribution in [1.82, 2.24) is 0 Å². The van der Waals surface area contributed by atoms with Gasteiger partial charge in [0.05, 0.1) is 4.47 Å². The summed E-state index contributed by atoms with van der Waals surface area (Å²) in [6.45, 7) is 0.264. The van der Waals surface area contributed by atoms with Crippen LogP contribution in [0, 0.1) is 11.3 Å². The Morgan fingerprint density at radius 2 is 1.81 bits per heavy atom. The number of halogens is 4. The fourth-order valence-corrected chi connectivity index (χ4v) is 4.37. The fraction of sp³-hybridized carbons (Fsp3) is 0.0435. The Morgan fingerprint density at radius 1 is 1.06 bits per heavy atom. The van der Waals surface area contributed by atoms with Crippen molar-refractivity contribution >= 4 is 72.7 Å². The molecule has 0 aliphatic rings. The number of nitrogens with one attached hydrogen (secondary N) is 1. The summed E-state index contributed by atoms with van der Waals surface area (Å²) in [5, 5.41) is 13.4. The molecule has 0 unspecified atom stereocenters. The molecule has 156 valence electrons. The number of amides is 1. The van der Waals surface area contributed by atoms with Crippen LogP contribution in [-0.2, 0) is 11.4 Å². The van der Waals surface area contributed by atoms with Gasteiger partial charge in [-0.15, -0.1) is 0 Å². The molecule has 0 aromatic heterocycles. The van der Waals surface area contributed by atoms with E-state index in [2.05, 4.69) is 37.2 Å². The zero-order valence-corrected chi connectivity index (χ0v) is 20.5. The molecule has 0 saturated carbocycles. The van der Waals surface area contributed by atoms with Gasteiger partial charge in [-0.1, -0.05) is 51.3 Å². The second-order valence-corrected chi connectivity index (χ2v) is 9.00. The van der Waals surface area contributed by atoms with E-state index in [0.29, 0.717) is 31.5 Å². The number of nitriles is 1. The Kier molecular flexibility index (Phi) is 8.16. The lowest BCUT2D eigenvalue weighted by atomic mass is 10.1. The van der Waals surface area contributed by atoms with Gasteiger partial charge in [-0.25, -0.2) is 0 Å². The summed E-state index contributed by atoms with van der Waals surface area (Å²) >= 11 is 18.8. The monoisotopic (exact) mass is 578 g/mol. The molecule has 3 aromatic carbocycles. The number of nitrogens with zero attached hydrogens (tertiary/aromatic N) is 1. The molecule has 31 heavy (non-hydrogen) atoms. The number of anilines is 1. The molecule has 0 aliphatic heterocycles. The van der Waals surface area contributed by atoms with Crippen molar-refractivity contribution in [2.24, 2.45) is 0 Å². The van der Waals surface area contributed by atoms with Crippen LogP contribution in [0.25, 0.3) is 6.08 Å². The maximum Gasteiger partial charge on any atom is 0.266 e. The minimum atomic E-state index is -0.540. The van der Waals surface area contributed by atoms with Crippen molar-refractivity contribution in [2.45, 2.75) is 6.61 Å². The molecular formula is C23H14Br2Cl2N2O2. The van der Waals surface area contributed by atoms with E-state index in [-0.39, 0.29) is 12.2 Å². The molecule has 1 N–H and O–H groups in total. The zero-order valence-electron chi connectivity index (χ0n) is 15.8. The number of rotatable bonds is 6. The summed E-state index contributed by atoms with van der Waals surface area (Å²) < 4.78 is 7.43. The SMILES string of the molecule is N#C/C(=C\c1cc(Br)cc(Br)c1OCc1cccc(Cl)c1)C(=O)Nc1ccc(Cl)cc1. The Labute approximate surface area is 206 Å². The molecule has 0 aliphatic carbocycles. The number of ether oxygens (including phenoxy) is 1. The van der Waals surface area contributed by atoms with E-state index in [1.807, 2.05) is 30.3 Å². The summed E-state index contributed by atoms with van der Waals surface area (Å²) in [6.07, 6.45) is 1.48. The standard InChI is InChI=1S/C23H14Br2Cl2N2O2/c24-17-10-15(9-16(12-28)23(30)29-20-6-4-18(26)5-7-20)22(21(25)11-17)31-13-14-2-1-3-19(27)8-14/h1-11H,13H2,(H,29,30)/b16-9+. The van der Waals surface area contributed by atoms with Crippen LogP contribution in [0.1, 0.15) is 11.1 Å². The summed E-state index contributed by atoms with van der Waals surface area (Å²) in [7, 11) is 0. The fourth-order valence-electron chi connectivity index (χ4n) is 2.66. The second kappa shape index (κ2) is 10.8. The van der Waals surface area contributed by atoms with Gasteiger partial charge in [-0.05, 0) is 76.1 Å². The highest BCUT2D eigenvalue weighted by atomic mass is 79.9. The highest BCUT2D eigenvalue weighted by Crippen LogP contribution is 2.35. The predicted molar refractivity (Wildman–Crippen MR) is 131 cm³/mol. The van der Waals surface area contributed by atoms with Crippen molar-refractivity contribution in [2.75, 3.05) is 5.32 Å². The normalized spacial score (nSPS) is 11.0. The van der Waals surface area contributed by atoms with Gasteiger partial charge in [0.25, 0.3) is 5.91 Å². The van der Waals surface area contributed by atoms with E-state index in [9.17, 15) is 10.1 Å². The highest BCUT2D eigenvalue weighted by molar-refractivity contribution is 9.11. The van der Waals surface area contributed by atoms with Crippen LogP contribution in [0.4, 0.5) is 5.69 Å². The summed E-state index contributed by atoms with van der Waals surface area (Å²) in [5.74, 6) is -0.0445. The number of carbonyl (C=O) groups is 1. The van der Waals surface area contributed by atoms with Gasteiger partial charge in [0, 0.05) is 25.8 Å². The first-order valence-corrected chi connectivity index (χ1v) is 11.2.